The second-order valence-corrected chi connectivity index (χ2v) is 6.14. The summed E-state index contributed by atoms with van der Waals surface area (Å²) in [5.41, 5.74) is 4.77. The Hall–Kier alpha value is -1.09. The van der Waals surface area contributed by atoms with Crippen molar-refractivity contribution in [1.82, 2.24) is 4.98 Å². The summed E-state index contributed by atoms with van der Waals surface area (Å²) >= 11 is 3.56. The summed E-state index contributed by atoms with van der Waals surface area (Å²) in [6.07, 6.45) is 1.12. The van der Waals surface area contributed by atoms with Crippen LogP contribution >= 0.6 is 15.9 Å². The molecule has 0 atom stereocenters. The molecular formula is C16H21BrN2. The van der Waals surface area contributed by atoms with Gasteiger partial charge in [0, 0.05) is 27.8 Å². The van der Waals surface area contributed by atoms with Gasteiger partial charge in [-0.1, -0.05) is 36.7 Å². The maximum absolute atomic E-state index is 4.75. The maximum Gasteiger partial charge on any atom is 0.0726 e. The molecule has 1 N–H and O–H groups in total. The first-order chi connectivity index (χ1) is 9.04. The molecule has 19 heavy (non-hydrogen) atoms. The number of benzene rings is 1. The van der Waals surface area contributed by atoms with E-state index in [1.165, 1.54) is 16.6 Å². The van der Waals surface area contributed by atoms with Gasteiger partial charge >= 0.3 is 0 Å². The third kappa shape index (κ3) is 2.92. The number of nitrogens with one attached hydrogen (secondary N) is 1. The van der Waals surface area contributed by atoms with Crippen LogP contribution in [0.3, 0.4) is 0 Å². The van der Waals surface area contributed by atoms with Gasteiger partial charge in [0.2, 0.25) is 0 Å². The molecule has 0 saturated heterocycles. The molecule has 0 bridgehead atoms. The Labute approximate surface area is 123 Å². The van der Waals surface area contributed by atoms with Crippen molar-refractivity contribution in [2.45, 2.75) is 40.0 Å². The zero-order chi connectivity index (χ0) is 14.0. The number of aryl methyl sites for hydroxylation is 1. The van der Waals surface area contributed by atoms with Gasteiger partial charge in [-0.2, -0.15) is 0 Å². The van der Waals surface area contributed by atoms with Gasteiger partial charge in [-0.05, 0) is 43.0 Å². The number of hydrogen-bond donors (Lipinski definition) is 1. The van der Waals surface area contributed by atoms with Crippen LogP contribution in [0.4, 0.5) is 5.69 Å². The number of rotatable bonds is 4. The van der Waals surface area contributed by atoms with Crippen LogP contribution < -0.4 is 5.32 Å². The van der Waals surface area contributed by atoms with Gasteiger partial charge in [0.05, 0.1) is 5.52 Å². The lowest BCUT2D eigenvalue weighted by Gasteiger charge is -2.19. The van der Waals surface area contributed by atoms with Crippen molar-refractivity contribution in [3.63, 3.8) is 0 Å². The second-order valence-electron chi connectivity index (χ2n) is 5.23. The highest BCUT2D eigenvalue weighted by molar-refractivity contribution is 9.10. The molecule has 2 nitrogen and oxygen atoms in total. The Morgan fingerprint density at radius 3 is 2.68 bits per heavy atom. The Morgan fingerprint density at radius 2 is 2.05 bits per heavy atom. The van der Waals surface area contributed by atoms with Crippen LogP contribution in [-0.2, 0) is 0 Å². The van der Waals surface area contributed by atoms with E-state index in [1.54, 1.807) is 0 Å². The summed E-state index contributed by atoms with van der Waals surface area (Å²) in [5, 5.41) is 4.80. The van der Waals surface area contributed by atoms with Crippen molar-refractivity contribution in [3.8, 4) is 0 Å². The minimum Gasteiger partial charge on any atom is -0.384 e. The lowest BCUT2D eigenvalue weighted by atomic mass is 9.96. The molecule has 0 aliphatic carbocycles. The molecule has 1 heterocycles. The highest BCUT2D eigenvalue weighted by Gasteiger charge is 2.15. The van der Waals surface area contributed by atoms with Gasteiger partial charge in [-0.15, -0.1) is 0 Å². The molecule has 0 aliphatic heterocycles. The zero-order valence-electron chi connectivity index (χ0n) is 12.0. The van der Waals surface area contributed by atoms with E-state index in [0.717, 1.165) is 28.6 Å². The summed E-state index contributed by atoms with van der Waals surface area (Å²) < 4.78 is 1.10. The first kappa shape index (κ1) is 14.3. The highest BCUT2D eigenvalue weighted by Crippen LogP contribution is 2.34. The summed E-state index contributed by atoms with van der Waals surface area (Å²) in [4.78, 5) is 4.75. The summed E-state index contributed by atoms with van der Waals surface area (Å²) in [6.45, 7) is 9.74. The molecule has 2 aromatic rings. The summed E-state index contributed by atoms with van der Waals surface area (Å²) in [5.74, 6) is 0.468. The number of anilines is 1. The minimum absolute atomic E-state index is 0.468. The number of hydrogen-bond acceptors (Lipinski definition) is 2. The molecule has 0 amide bonds. The molecule has 1 aromatic heterocycles. The van der Waals surface area contributed by atoms with E-state index in [1.807, 2.05) is 6.07 Å². The highest BCUT2D eigenvalue weighted by atomic mass is 79.9. The van der Waals surface area contributed by atoms with Gasteiger partial charge in [0.25, 0.3) is 0 Å². The lowest BCUT2D eigenvalue weighted by Crippen LogP contribution is -2.08. The normalized spacial score (nSPS) is 11.3. The lowest BCUT2D eigenvalue weighted by molar-refractivity contribution is 0.844. The van der Waals surface area contributed by atoms with Crippen LogP contribution in [0.5, 0.6) is 0 Å². The molecule has 2 rings (SSSR count). The molecule has 1 aromatic carbocycles. The van der Waals surface area contributed by atoms with Crippen molar-refractivity contribution in [1.29, 1.82) is 0 Å². The van der Waals surface area contributed by atoms with Gasteiger partial charge in [-0.3, -0.25) is 4.98 Å². The average Bonchev–Trinajstić information content (AvgIpc) is 2.35. The average molecular weight is 321 g/mol. The van der Waals surface area contributed by atoms with Crippen molar-refractivity contribution < 1.29 is 0 Å². The smallest absolute Gasteiger partial charge is 0.0726 e. The quantitative estimate of drug-likeness (QED) is 0.832. The molecule has 3 heteroatoms. The molecule has 102 valence electrons. The van der Waals surface area contributed by atoms with E-state index in [9.17, 15) is 0 Å². The van der Waals surface area contributed by atoms with E-state index in [4.69, 9.17) is 4.98 Å². The Kier molecular flexibility index (Phi) is 4.46. The third-order valence-corrected chi connectivity index (χ3v) is 3.80. The van der Waals surface area contributed by atoms with Crippen LogP contribution in [0.25, 0.3) is 10.9 Å². The molecule has 0 saturated carbocycles. The van der Waals surface area contributed by atoms with Crippen molar-refractivity contribution >= 4 is 32.5 Å². The molecular weight excluding hydrogens is 300 g/mol. The SMILES string of the molecule is CCCNc1c(C(C)C)c(C)nc2ccc(Br)cc12. The van der Waals surface area contributed by atoms with Crippen LogP contribution in [0.1, 0.15) is 44.4 Å². The summed E-state index contributed by atoms with van der Waals surface area (Å²) in [7, 11) is 0. The predicted molar refractivity (Wildman–Crippen MR) is 87.0 cm³/mol. The van der Waals surface area contributed by atoms with Gasteiger partial charge in [0.1, 0.15) is 0 Å². The first-order valence-corrected chi connectivity index (χ1v) is 7.67. The van der Waals surface area contributed by atoms with E-state index in [2.05, 4.69) is 61.1 Å². The number of fused-ring (bicyclic) bond motifs is 1. The number of aromatic nitrogens is 1. The van der Waals surface area contributed by atoms with Crippen LogP contribution in [0, 0.1) is 6.92 Å². The van der Waals surface area contributed by atoms with Gasteiger partial charge in [0.15, 0.2) is 0 Å². The largest absolute Gasteiger partial charge is 0.384 e. The van der Waals surface area contributed by atoms with E-state index in [0.29, 0.717) is 5.92 Å². The monoisotopic (exact) mass is 320 g/mol. The van der Waals surface area contributed by atoms with E-state index in [-0.39, 0.29) is 0 Å². The van der Waals surface area contributed by atoms with Crippen molar-refractivity contribution in [2.75, 3.05) is 11.9 Å². The summed E-state index contributed by atoms with van der Waals surface area (Å²) in [6, 6.07) is 6.28. The topological polar surface area (TPSA) is 24.9 Å². The number of pyridine rings is 1. The standard InChI is InChI=1S/C16H21BrN2/c1-5-8-18-16-13-9-12(17)6-7-14(13)19-11(4)15(16)10(2)3/h6-7,9-10H,5,8H2,1-4H3,(H,18,19). The first-order valence-electron chi connectivity index (χ1n) is 6.88. The fourth-order valence-electron chi connectivity index (χ4n) is 2.52. The number of halogens is 1. The van der Waals surface area contributed by atoms with Gasteiger partial charge < -0.3 is 5.32 Å². The van der Waals surface area contributed by atoms with Crippen LogP contribution in [-0.4, -0.2) is 11.5 Å². The minimum atomic E-state index is 0.468. The Bertz CT molecular complexity index is 591. The third-order valence-electron chi connectivity index (χ3n) is 3.30. The predicted octanol–water partition coefficient (Wildman–Crippen LogP) is 5.25. The molecule has 0 radical (unpaired) electrons. The second kappa shape index (κ2) is 5.91. The maximum atomic E-state index is 4.75. The van der Waals surface area contributed by atoms with E-state index < -0.39 is 0 Å². The van der Waals surface area contributed by atoms with Crippen LogP contribution in [0.15, 0.2) is 22.7 Å². The zero-order valence-corrected chi connectivity index (χ0v) is 13.6. The molecule has 0 aliphatic rings. The Morgan fingerprint density at radius 1 is 1.32 bits per heavy atom. The van der Waals surface area contributed by atoms with Crippen LogP contribution in [0.2, 0.25) is 0 Å². The molecule has 0 unspecified atom stereocenters. The van der Waals surface area contributed by atoms with E-state index >= 15 is 0 Å². The Balaban J connectivity index is 2.72. The fourth-order valence-corrected chi connectivity index (χ4v) is 2.88. The van der Waals surface area contributed by atoms with Crippen molar-refractivity contribution in [2.24, 2.45) is 0 Å². The molecule has 0 fully saturated rings. The van der Waals surface area contributed by atoms with Crippen molar-refractivity contribution in [3.05, 3.63) is 33.9 Å². The van der Waals surface area contributed by atoms with Gasteiger partial charge in [-0.25, -0.2) is 0 Å². The number of nitrogens with zero attached hydrogens (tertiary/aromatic N) is 1. The fraction of sp³-hybridized carbons (Fsp3) is 0.438. The molecule has 0 spiro atoms.